The minimum atomic E-state index is 0.103. The monoisotopic (exact) mass is 358 g/mol. The van der Waals surface area contributed by atoms with Crippen LogP contribution >= 0.6 is 0 Å². The van der Waals surface area contributed by atoms with Gasteiger partial charge in [-0.1, -0.05) is 18.2 Å². The molecule has 0 amide bonds. The molecular weight excluding hydrogens is 340 g/mol. The Balaban J connectivity index is 1.90. The highest BCUT2D eigenvalue weighted by molar-refractivity contribution is 5.46. The van der Waals surface area contributed by atoms with E-state index in [0.717, 1.165) is 5.56 Å². The van der Waals surface area contributed by atoms with Crippen LogP contribution < -0.4 is 4.74 Å². The maximum atomic E-state index is 9.52. The Morgan fingerprint density at radius 3 is 2.56 bits per heavy atom. The molecule has 6 nitrogen and oxygen atoms in total. The molecule has 1 N–H and O–H groups in total. The number of aryl methyl sites for hydroxylation is 1. The second-order valence-electron chi connectivity index (χ2n) is 6.00. The molecule has 0 saturated carbocycles. The van der Waals surface area contributed by atoms with Crippen molar-refractivity contribution in [2.45, 2.75) is 20.0 Å². The van der Waals surface area contributed by atoms with Crippen molar-refractivity contribution in [1.29, 1.82) is 10.5 Å². The average Bonchev–Trinajstić information content (AvgIpc) is 3.03. The number of aromatic nitrogens is 2. The normalized spacial score (nSPS) is 10.2. The van der Waals surface area contributed by atoms with Crippen LogP contribution in [0.15, 0.2) is 48.5 Å². The molecule has 3 aromatic rings. The lowest BCUT2D eigenvalue weighted by atomic mass is 10.1. The lowest BCUT2D eigenvalue weighted by Crippen LogP contribution is -2.07. The first-order valence-electron chi connectivity index (χ1n) is 8.48. The molecule has 27 heavy (non-hydrogen) atoms. The number of ether oxygens (including phenoxy) is 1. The molecule has 0 spiro atoms. The quantitative estimate of drug-likeness (QED) is 0.731. The van der Waals surface area contributed by atoms with Gasteiger partial charge in [0, 0.05) is 6.61 Å². The first kappa shape index (κ1) is 18.2. The third-order valence-corrected chi connectivity index (χ3v) is 4.19. The second kappa shape index (κ2) is 8.18. The average molecular weight is 358 g/mol. The first-order valence-corrected chi connectivity index (χ1v) is 8.48. The van der Waals surface area contributed by atoms with Gasteiger partial charge >= 0.3 is 0 Å². The van der Waals surface area contributed by atoms with Gasteiger partial charge in [0.1, 0.15) is 24.0 Å². The molecule has 6 heteroatoms. The minimum Gasteiger partial charge on any atom is -0.487 e. The van der Waals surface area contributed by atoms with Crippen molar-refractivity contribution in [1.82, 2.24) is 9.78 Å². The smallest absolute Gasteiger partial charge is 0.132 e. The topological polar surface area (TPSA) is 94.9 Å². The van der Waals surface area contributed by atoms with E-state index in [-0.39, 0.29) is 13.2 Å². The van der Waals surface area contributed by atoms with E-state index in [2.05, 4.69) is 17.2 Å². The van der Waals surface area contributed by atoms with Crippen LogP contribution in [0.2, 0.25) is 0 Å². The summed E-state index contributed by atoms with van der Waals surface area (Å²) in [5, 5.41) is 32.1. The number of nitriles is 2. The zero-order valence-electron chi connectivity index (χ0n) is 14.9. The predicted molar refractivity (Wildman–Crippen MR) is 99.3 cm³/mol. The van der Waals surface area contributed by atoms with Crippen molar-refractivity contribution in [2.75, 3.05) is 6.61 Å². The maximum absolute atomic E-state index is 9.52. The molecular formula is C21H18N4O2. The van der Waals surface area contributed by atoms with Crippen LogP contribution in [0, 0.1) is 29.6 Å². The van der Waals surface area contributed by atoms with E-state index >= 15 is 0 Å². The Kier molecular flexibility index (Phi) is 5.51. The molecule has 0 saturated heterocycles. The molecule has 3 rings (SSSR count). The van der Waals surface area contributed by atoms with Crippen molar-refractivity contribution < 1.29 is 9.84 Å². The van der Waals surface area contributed by atoms with Gasteiger partial charge in [0.15, 0.2) is 0 Å². The van der Waals surface area contributed by atoms with E-state index in [9.17, 15) is 5.26 Å². The van der Waals surface area contributed by atoms with Crippen molar-refractivity contribution in [3.05, 3.63) is 76.6 Å². The lowest BCUT2D eigenvalue weighted by molar-refractivity contribution is 0.295. The summed E-state index contributed by atoms with van der Waals surface area (Å²) in [5.74, 6) is 0.664. The van der Waals surface area contributed by atoms with Gasteiger partial charge in [-0.25, -0.2) is 4.68 Å². The Morgan fingerprint density at radius 2 is 1.89 bits per heavy atom. The molecule has 0 radical (unpaired) electrons. The fraction of sp³-hybridized carbons (Fsp3) is 0.190. The van der Waals surface area contributed by atoms with Crippen LogP contribution in [-0.2, 0) is 13.0 Å². The fourth-order valence-electron chi connectivity index (χ4n) is 2.81. The molecule has 1 heterocycles. The molecule has 0 fully saturated rings. The van der Waals surface area contributed by atoms with Crippen LogP contribution in [-0.4, -0.2) is 21.5 Å². The van der Waals surface area contributed by atoms with Crippen LogP contribution in [0.4, 0.5) is 0 Å². The van der Waals surface area contributed by atoms with Gasteiger partial charge in [0.2, 0.25) is 0 Å². The molecule has 0 atom stereocenters. The lowest BCUT2D eigenvalue weighted by Gasteiger charge is -2.10. The molecule has 0 aliphatic rings. The van der Waals surface area contributed by atoms with Crippen molar-refractivity contribution in [3.63, 3.8) is 0 Å². The van der Waals surface area contributed by atoms with Gasteiger partial charge in [0.05, 0.1) is 28.7 Å². The standard InChI is InChI=1S/C21H18N4O2/c1-15-20(13-23)21(14-27-19-7-5-16(6-8-19)9-10-26)25(24-15)18-4-2-3-17(11-18)12-22/h2-8,11,26H,9-10,14H2,1H3. The highest BCUT2D eigenvalue weighted by Gasteiger charge is 2.17. The SMILES string of the molecule is Cc1nn(-c2cccc(C#N)c2)c(COc2ccc(CCO)cc2)c1C#N. The van der Waals surface area contributed by atoms with Gasteiger partial charge in [-0.05, 0) is 49.2 Å². The highest BCUT2D eigenvalue weighted by atomic mass is 16.5. The zero-order chi connectivity index (χ0) is 19.2. The number of nitrogens with zero attached hydrogens (tertiary/aromatic N) is 4. The number of hydrogen-bond acceptors (Lipinski definition) is 5. The Morgan fingerprint density at radius 1 is 1.11 bits per heavy atom. The highest BCUT2D eigenvalue weighted by Crippen LogP contribution is 2.21. The van der Waals surface area contributed by atoms with Crippen LogP contribution in [0.5, 0.6) is 5.75 Å². The number of aliphatic hydroxyl groups excluding tert-OH is 1. The maximum Gasteiger partial charge on any atom is 0.132 e. The van der Waals surface area contributed by atoms with Gasteiger partial charge in [-0.3, -0.25) is 0 Å². The van der Waals surface area contributed by atoms with Crippen LogP contribution in [0.25, 0.3) is 5.69 Å². The first-order chi connectivity index (χ1) is 13.2. The summed E-state index contributed by atoms with van der Waals surface area (Å²) in [7, 11) is 0. The summed E-state index contributed by atoms with van der Waals surface area (Å²) in [6.45, 7) is 2.04. The van der Waals surface area contributed by atoms with Gasteiger partial charge in [0.25, 0.3) is 0 Å². The van der Waals surface area contributed by atoms with E-state index in [1.54, 1.807) is 29.8 Å². The number of benzene rings is 2. The van der Waals surface area contributed by atoms with E-state index in [1.165, 1.54) is 0 Å². The molecule has 0 unspecified atom stereocenters. The van der Waals surface area contributed by atoms with E-state index in [4.69, 9.17) is 15.1 Å². The molecule has 0 bridgehead atoms. The number of aliphatic hydroxyl groups is 1. The third-order valence-electron chi connectivity index (χ3n) is 4.19. The molecule has 1 aromatic heterocycles. The zero-order valence-corrected chi connectivity index (χ0v) is 14.9. The second-order valence-corrected chi connectivity index (χ2v) is 6.00. The van der Waals surface area contributed by atoms with Gasteiger partial charge < -0.3 is 9.84 Å². The van der Waals surface area contributed by atoms with Crippen molar-refractivity contribution >= 4 is 0 Å². The van der Waals surface area contributed by atoms with Gasteiger partial charge in [-0.15, -0.1) is 0 Å². The summed E-state index contributed by atoms with van der Waals surface area (Å²) in [6, 6.07) is 18.8. The molecule has 0 aliphatic carbocycles. The van der Waals surface area contributed by atoms with Gasteiger partial charge in [-0.2, -0.15) is 15.6 Å². The van der Waals surface area contributed by atoms with Crippen LogP contribution in [0.3, 0.4) is 0 Å². The third kappa shape index (κ3) is 3.98. The Labute approximate surface area is 157 Å². The number of hydrogen-bond donors (Lipinski definition) is 1. The summed E-state index contributed by atoms with van der Waals surface area (Å²) in [6.07, 6.45) is 0.597. The van der Waals surface area contributed by atoms with E-state index in [1.807, 2.05) is 30.3 Å². The summed E-state index contributed by atoms with van der Waals surface area (Å²) in [5.41, 5.74) is 3.95. The summed E-state index contributed by atoms with van der Waals surface area (Å²) >= 11 is 0. The Bertz CT molecular complexity index is 1020. The summed E-state index contributed by atoms with van der Waals surface area (Å²) in [4.78, 5) is 0. The molecule has 134 valence electrons. The van der Waals surface area contributed by atoms with Crippen LogP contribution in [0.1, 0.15) is 28.1 Å². The Hall–Kier alpha value is -3.61. The predicted octanol–water partition coefficient (Wildman–Crippen LogP) is 3.04. The summed E-state index contributed by atoms with van der Waals surface area (Å²) < 4.78 is 7.51. The molecule has 2 aromatic carbocycles. The van der Waals surface area contributed by atoms with E-state index < -0.39 is 0 Å². The number of rotatable bonds is 6. The van der Waals surface area contributed by atoms with Crippen molar-refractivity contribution in [3.8, 4) is 23.6 Å². The largest absolute Gasteiger partial charge is 0.487 e. The van der Waals surface area contributed by atoms with E-state index in [0.29, 0.717) is 40.4 Å². The minimum absolute atomic E-state index is 0.103. The molecule has 0 aliphatic heterocycles. The van der Waals surface area contributed by atoms with Crippen molar-refractivity contribution in [2.24, 2.45) is 0 Å². The fourth-order valence-corrected chi connectivity index (χ4v) is 2.81.